The lowest BCUT2D eigenvalue weighted by atomic mass is 10.2. The summed E-state index contributed by atoms with van der Waals surface area (Å²) in [7, 11) is 3.85. The van der Waals surface area contributed by atoms with Crippen molar-refractivity contribution in [3.05, 3.63) is 24.3 Å². The molecule has 0 aromatic heterocycles. The van der Waals surface area contributed by atoms with Crippen molar-refractivity contribution in [3.63, 3.8) is 0 Å². The van der Waals surface area contributed by atoms with Crippen molar-refractivity contribution >= 4 is 23.4 Å². The van der Waals surface area contributed by atoms with Gasteiger partial charge in [-0.05, 0) is 45.9 Å². The van der Waals surface area contributed by atoms with Crippen molar-refractivity contribution in [2.24, 2.45) is 0 Å². The van der Waals surface area contributed by atoms with Gasteiger partial charge in [-0.3, -0.25) is 4.79 Å². The fourth-order valence-corrected chi connectivity index (χ4v) is 1.66. The molecule has 122 valence electrons. The normalized spacial score (nSPS) is 12.3. The summed E-state index contributed by atoms with van der Waals surface area (Å²) >= 11 is 0. The molecule has 6 heteroatoms. The fraction of sp³-hybridized carbons (Fsp3) is 0.500. The molecule has 0 aliphatic rings. The van der Waals surface area contributed by atoms with Crippen LogP contribution in [0.1, 0.15) is 27.7 Å². The molecule has 0 radical (unpaired) electrons. The highest BCUT2D eigenvalue weighted by molar-refractivity contribution is 5.96. The number of anilines is 2. The van der Waals surface area contributed by atoms with Crippen LogP contribution in [0.2, 0.25) is 0 Å². The maximum absolute atomic E-state index is 12.1. The lowest BCUT2D eigenvalue weighted by Gasteiger charge is -2.21. The average molecular weight is 307 g/mol. The summed E-state index contributed by atoms with van der Waals surface area (Å²) in [5.74, 6) is -0.304. The second-order valence-electron chi connectivity index (χ2n) is 6.30. The molecule has 1 rings (SSSR count). The van der Waals surface area contributed by atoms with Gasteiger partial charge in [-0.25, -0.2) is 4.79 Å². The first-order valence-electron chi connectivity index (χ1n) is 7.16. The van der Waals surface area contributed by atoms with Crippen LogP contribution in [0.25, 0.3) is 0 Å². The molecule has 1 atom stereocenters. The summed E-state index contributed by atoms with van der Waals surface area (Å²) in [6, 6.07) is 6.76. The van der Waals surface area contributed by atoms with Crippen LogP contribution in [0.15, 0.2) is 24.3 Å². The highest BCUT2D eigenvalue weighted by Crippen LogP contribution is 2.17. The van der Waals surface area contributed by atoms with Crippen LogP contribution in [-0.2, 0) is 9.53 Å². The molecule has 0 spiro atoms. The SMILES string of the molecule is CC(NC(=O)OC(C)(C)C)C(=O)Nc1cccc(N(C)C)c1. The first-order chi connectivity index (χ1) is 10.1. The lowest BCUT2D eigenvalue weighted by molar-refractivity contribution is -0.117. The Morgan fingerprint density at radius 2 is 1.86 bits per heavy atom. The van der Waals surface area contributed by atoms with Crippen molar-refractivity contribution in [1.82, 2.24) is 5.32 Å². The third kappa shape index (κ3) is 6.03. The van der Waals surface area contributed by atoms with Gasteiger partial charge >= 0.3 is 6.09 Å². The molecule has 22 heavy (non-hydrogen) atoms. The van der Waals surface area contributed by atoms with Crippen molar-refractivity contribution in [2.75, 3.05) is 24.3 Å². The summed E-state index contributed by atoms with van der Waals surface area (Å²) in [6.07, 6.45) is -0.614. The summed E-state index contributed by atoms with van der Waals surface area (Å²) in [5.41, 5.74) is 1.06. The van der Waals surface area contributed by atoms with E-state index in [0.29, 0.717) is 5.69 Å². The van der Waals surface area contributed by atoms with Gasteiger partial charge in [0.25, 0.3) is 0 Å². The standard InChI is InChI=1S/C16H25N3O3/c1-11(17-15(21)22-16(2,3)4)14(20)18-12-8-7-9-13(10-12)19(5)6/h7-11H,1-6H3,(H,17,21)(H,18,20). The Morgan fingerprint density at radius 1 is 1.23 bits per heavy atom. The molecule has 0 saturated heterocycles. The number of carbonyl (C=O) groups is 2. The molecular weight excluding hydrogens is 282 g/mol. The van der Waals surface area contributed by atoms with E-state index >= 15 is 0 Å². The summed E-state index contributed by atoms with van der Waals surface area (Å²) in [5, 5.41) is 5.28. The van der Waals surface area contributed by atoms with E-state index in [1.165, 1.54) is 0 Å². The number of alkyl carbamates (subject to hydrolysis) is 1. The van der Waals surface area contributed by atoms with Crippen LogP contribution in [0.3, 0.4) is 0 Å². The molecule has 6 nitrogen and oxygen atoms in total. The molecule has 1 aromatic carbocycles. The van der Waals surface area contributed by atoms with Crippen LogP contribution >= 0.6 is 0 Å². The minimum Gasteiger partial charge on any atom is -0.444 e. The van der Waals surface area contributed by atoms with Gasteiger partial charge < -0.3 is 20.3 Å². The van der Waals surface area contributed by atoms with E-state index in [1.807, 2.05) is 37.2 Å². The van der Waals surface area contributed by atoms with Crippen LogP contribution in [0.4, 0.5) is 16.2 Å². The minimum absolute atomic E-state index is 0.304. The first-order valence-corrected chi connectivity index (χ1v) is 7.16. The number of rotatable bonds is 4. The fourth-order valence-electron chi connectivity index (χ4n) is 1.66. The summed E-state index contributed by atoms with van der Waals surface area (Å²) in [6.45, 7) is 6.91. The summed E-state index contributed by atoms with van der Waals surface area (Å²) < 4.78 is 5.12. The van der Waals surface area contributed by atoms with E-state index in [2.05, 4.69) is 10.6 Å². The lowest BCUT2D eigenvalue weighted by Crippen LogP contribution is -2.43. The molecule has 0 heterocycles. The molecule has 2 amide bonds. The molecule has 1 aromatic rings. The predicted octanol–water partition coefficient (Wildman–Crippen LogP) is 2.60. The Kier molecular flexibility index (Phi) is 5.79. The van der Waals surface area contributed by atoms with E-state index in [9.17, 15) is 9.59 Å². The van der Waals surface area contributed by atoms with Gasteiger partial charge in [0.2, 0.25) is 5.91 Å². The largest absolute Gasteiger partial charge is 0.444 e. The Morgan fingerprint density at radius 3 is 2.41 bits per heavy atom. The Bertz CT molecular complexity index is 536. The third-order valence-corrected chi connectivity index (χ3v) is 2.76. The topological polar surface area (TPSA) is 70.7 Å². The third-order valence-electron chi connectivity index (χ3n) is 2.76. The van der Waals surface area contributed by atoms with Crippen molar-refractivity contribution < 1.29 is 14.3 Å². The number of amides is 2. The van der Waals surface area contributed by atoms with Gasteiger partial charge in [-0.2, -0.15) is 0 Å². The van der Waals surface area contributed by atoms with E-state index < -0.39 is 17.7 Å². The number of hydrogen-bond acceptors (Lipinski definition) is 4. The van der Waals surface area contributed by atoms with Crippen molar-refractivity contribution in [2.45, 2.75) is 39.3 Å². The number of hydrogen-bond donors (Lipinski definition) is 2. The Hall–Kier alpha value is -2.24. The molecule has 0 aliphatic carbocycles. The Labute approximate surface area is 131 Å². The zero-order valence-corrected chi connectivity index (χ0v) is 14.1. The number of carbonyl (C=O) groups excluding carboxylic acids is 2. The molecule has 0 fully saturated rings. The zero-order chi connectivity index (χ0) is 16.9. The first kappa shape index (κ1) is 17.8. The average Bonchev–Trinajstić information content (AvgIpc) is 2.36. The highest BCUT2D eigenvalue weighted by atomic mass is 16.6. The molecule has 1 unspecified atom stereocenters. The second-order valence-corrected chi connectivity index (χ2v) is 6.30. The molecule has 0 aliphatic heterocycles. The Balaban J connectivity index is 2.61. The minimum atomic E-state index is -0.696. The van der Waals surface area contributed by atoms with Crippen molar-refractivity contribution in [3.8, 4) is 0 Å². The number of nitrogens with zero attached hydrogens (tertiary/aromatic N) is 1. The van der Waals surface area contributed by atoms with E-state index in [1.54, 1.807) is 33.8 Å². The van der Waals surface area contributed by atoms with E-state index in [4.69, 9.17) is 4.74 Å². The van der Waals surface area contributed by atoms with Crippen LogP contribution in [0.5, 0.6) is 0 Å². The quantitative estimate of drug-likeness (QED) is 0.897. The van der Waals surface area contributed by atoms with Crippen LogP contribution in [0, 0.1) is 0 Å². The summed E-state index contributed by atoms with van der Waals surface area (Å²) in [4.78, 5) is 25.7. The predicted molar refractivity (Wildman–Crippen MR) is 88.2 cm³/mol. The van der Waals surface area contributed by atoms with Crippen molar-refractivity contribution in [1.29, 1.82) is 0 Å². The highest BCUT2D eigenvalue weighted by Gasteiger charge is 2.21. The van der Waals surface area contributed by atoms with Gasteiger partial charge in [0.1, 0.15) is 11.6 Å². The second kappa shape index (κ2) is 7.15. The van der Waals surface area contributed by atoms with Gasteiger partial charge in [-0.15, -0.1) is 0 Å². The molecule has 0 saturated carbocycles. The maximum Gasteiger partial charge on any atom is 0.408 e. The number of benzene rings is 1. The maximum atomic E-state index is 12.1. The molecule has 2 N–H and O–H groups in total. The van der Waals surface area contributed by atoms with Crippen LogP contribution in [-0.4, -0.2) is 37.7 Å². The zero-order valence-electron chi connectivity index (χ0n) is 14.1. The molecular formula is C16H25N3O3. The van der Waals surface area contributed by atoms with E-state index in [0.717, 1.165) is 5.69 Å². The molecule has 0 bridgehead atoms. The van der Waals surface area contributed by atoms with Gasteiger partial charge in [0.05, 0.1) is 0 Å². The smallest absolute Gasteiger partial charge is 0.408 e. The van der Waals surface area contributed by atoms with Gasteiger partial charge in [0, 0.05) is 25.5 Å². The monoisotopic (exact) mass is 307 g/mol. The van der Waals surface area contributed by atoms with Gasteiger partial charge in [-0.1, -0.05) is 6.07 Å². The van der Waals surface area contributed by atoms with Gasteiger partial charge in [0.15, 0.2) is 0 Å². The number of nitrogens with one attached hydrogen (secondary N) is 2. The van der Waals surface area contributed by atoms with Crippen LogP contribution < -0.4 is 15.5 Å². The van der Waals surface area contributed by atoms with E-state index in [-0.39, 0.29) is 5.91 Å². The number of ether oxygens (including phenoxy) is 1.